The minimum atomic E-state index is -0.687. The Hall–Kier alpha value is -3.39. The molecule has 2 aromatic carbocycles. The second-order valence-corrected chi connectivity index (χ2v) is 10.0. The number of carbonyl (C=O) groups is 3. The van der Waals surface area contributed by atoms with Crippen molar-refractivity contribution in [2.45, 2.75) is 38.5 Å². The summed E-state index contributed by atoms with van der Waals surface area (Å²) >= 11 is 0. The first-order valence-corrected chi connectivity index (χ1v) is 12.8. The maximum absolute atomic E-state index is 13.1. The van der Waals surface area contributed by atoms with Gasteiger partial charge in [0, 0.05) is 12.5 Å². The normalized spacial score (nSPS) is 20.6. The lowest BCUT2D eigenvalue weighted by Crippen LogP contribution is -2.48. The molecule has 3 rings (SSSR count). The lowest BCUT2D eigenvalue weighted by Gasteiger charge is -2.45. The monoisotopic (exact) mass is 510 g/mol. The molecule has 0 saturated carbocycles. The number of rotatable bonds is 11. The zero-order chi connectivity index (χ0) is 26.8. The Bertz CT molecular complexity index is 1060. The van der Waals surface area contributed by atoms with Crippen molar-refractivity contribution in [3.63, 3.8) is 0 Å². The Morgan fingerprint density at radius 2 is 1.89 bits per heavy atom. The maximum Gasteiger partial charge on any atom is 0.344 e. The number of aromatic hydroxyl groups is 1. The van der Waals surface area contributed by atoms with E-state index in [1.165, 1.54) is 7.11 Å². The molecule has 3 atom stereocenters. The molecule has 2 aromatic rings. The first-order chi connectivity index (χ1) is 17.7. The van der Waals surface area contributed by atoms with E-state index >= 15 is 0 Å². The Morgan fingerprint density at radius 1 is 1.14 bits per heavy atom. The third kappa shape index (κ3) is 8.05. The van der Waals surface area contributed by atoms with Crippen molar-refractivity contribution in [1.29, 1.82) is 0 Å². The lowest BCUT2D eigenvalue weighted by atomic mass is 9.68. The summed E-state index contributed by atoms with van der Waals surface area (Å²) in [5.74, 6) is -1.21. The van der Waals surface area contributed by atoms with E-state index in [4.69, 9.17) is 4.74 Å². The van der Waals surface area contributed by atoms with Gasteiger partial charge < -0.3 is 24.8 Å². The fourth-order valence-electron chi connectivity index (χ4n) is 4.93. The molecule has 0 aromatic heterocycles. The number of phenols is 1. The molecule has 0 radical (unpaired) electrons. The third-order valence-electron chi connectivity index (χ3n) is 7.55. The van der Waals surface area contributed by atoms with Crippen LogP contribution in [0.5, 0.6) is 5.75 Å². The van der Waals surface area contributed by atoms with Crippen LogP contribution in [-0.2, 0) is 35.7 Å². The quantitative estimate of drug-likeness (QED) is 0.448. The van der Waals surface area contributed by atoms with Crippen LogP contribution in [0.25, 0.3) is 0 Å². The van der Waals surface area contributed by atoms with Crippen LogP contribution in [0.4, 0.5) is 0 Å². The second-order valence-electron chi connectivity index (χ2n) is 10.0. The van der Waals surface area contributed by atoms with Gasteiger partial charge >= 0.3 is 11.9 Å². The third-order valence-corrected chi connectivity index (χ3v) is 7.55. The SMILES string of the molecule is COC(=O)COC(=O)CNC(=O)C(CCN1CCC(C)(c2cccc(O)c2)C(C)C1)Cc1ccccc1. The minimum Gasteiger partial charge on any atom is -0.508 e. The van der Waals surface area contributed by atoms with Crippen LogP contribution in [0.3, 0.4) is 0 Å². The number of methoxy groups -OCH3 is 1. The minimum absolute atomic E-state index is 0.0272. The van der Waals surface area contributed by atoms with Gasteiger partial charge in [-0.05, 0) is 66.9 Å². The molecule has 1 amide bonds. The second kappa shape index (κ2) is 13.2. The number of benzene rings is 2. The van der Waals surface area contributed by atoms with E-state index < -0.39 is 18.5 Å². The van der Waals surface area contributed by atoms with Crippen LogP contribution in [0.1, 0.15) is 37.8 Å². The molecule has 1 saturated heterocycles. The number of likely N-dealkylation sites (tertiary alicyclic amines) is 1. The van der Waals surface area contributed by atoms with Gasteiger partial charge in [0.1, 0.15) is 12.3 Å². The number of hydrogen-bond acceptors (Lipinski definition) is 7. The number of esters is 2. The van der Waals surface area contributed by atoms with Crippen molar-refractivity contribution < 1.29 is 29.0 Å². The molecular weight excluding hydrogens is 472 g/mol. The molecule has 0 spiro atoms. The summed E-state index contributed by atoms with van der Waals surface area (Å²) in [4.78, 5) is 38.5. The van der Waals surface area contributed by atoms with Crippen LogP contribution in [0.15, 0.2) is 54.6 Å². The number of phenolic OH excluding ortho intramolecular Hbond substituents is 1. The van der Waals surface area contributed by atoms with Crippen LogP contribution < -0.4 is 5.32 Å². The van der Waals surface area contributed by atoms with E-state index in [1.807, 2.05) is 42.5 Å². The fourth-order valence-corrected chi connectivity index (χ4v) is 4.93. The van der Waals surface area contributed by atoms with Crippen molar-refractivity contribution in [1.82, 2.24) is 10.2 Å². The number of ether oxygens (including phenoxy) is 2. The molecule has 200 valence electrons. The highest BCUT2D eigenvalue weighted by atomic mass is 16.6. The number of amides is 1. The Morgan fingerprint density at radius 3 is 2.57 bits per heavy atom. The van der Waals surface area contributed by atoms with Crippen molar-refractivity contribution in [2.24, 2.45) is 11.8 Å². The summed E-state index contributed by atoms with van der Waals surface area (Å²) in [6.45, 7) is 6.27. The zero-order valence-corrected chi connectivity index (χ0v) is 21.9. The summed E-state index contributed by atoms with van der Waals surface area (Å²) in [5.41, 5.74) is 2.18. The molecule has 0 aliphatic carbocycles. The molecule has 0 bridgehead atoms. The van der Waals surface area contributed by atoms with E-state index in [-0.39, 0.29) is 29.5 Å². The molecule has 8 heteroatoms. The standard InChI is InChI=1S/C29H38N2O6/c1-21-19-31(15-13-29(21,2)24-10-7-11-25(32)17-24)14-12-23(16-22-8-5-4-6-9-22)28(35)30-18-26(33)37-20-27(34)36-3/h4-11,17,21,23,32H,12-16,18-20H2,1-3H3,(H,30,35). The lowest BCUT2D eigenvalue weighted by molar-refractivity contribution is -0.156. The van der Waals surface area contributed by atoms with Gasteiger partial charge in [0.25, 0.3) is 0 Å². The van der Waals surface area contributed by atoms with Gasteiger partial charge in [-0.15, -0.1) is 0 Å². The summed E-state index contributed by atoms with van der Waals surface area (Å²) in [6, 6.07) is 17.4. The van der Waals surface area contributed by atoms with Gasteiger partial charge in [0.2, 0.25) is 5.91 Å². The van der Waals surface area contributed by atoms with Gasteiger partial charge in [-0.3, -0.25) is 9.59 Å². The van der Waals surface area contributed by atoms with Gasteiger partial charge in [-0.25, -0.2) is 4.79 Å². The molecule has 1 fully saturated rings. The average Bonchev–Trinajstić information content (AvgIpc) is 2.90. The largest absolute Gasteiger partial charge is 0.508 e. The highest BCUT2D eigenvalue weighted by Gasteiger charge is 2.38. The summed E-state index contributed by atoms with van der Waals surface area (Å²) < 4.78 is 9.27. The van der Waals surface area contributed by atoms with E-state index in [2.05, 4.69) is 34.9 Å². The van der Waals surface area contributed by atoms with Crippen LogP contribution in [-0.4, -0.2) is 67.7 Å². The van der Waals surface area contributed by atoms with Gasteiger partial charge in [-0.1, -0.05) is 56.3 Å². The highest BCUT2D eigenvalue weighted by molar-refractivity contribution is 5.84. The number of piperidine rings is 1. The maximum atomic E-state index is 13.1. The molecule has 8 nitrogen and oxygen atoms in total. The van der Waals surface area contributed by atoms with Crippen LogP contribution in [0.2, 0.25) is 0 Å². The summed E-state index contributed by atoms with van der Waals surface area (Å²) in [5, 5.41) is 12.6. The Kier molecular flexibility index (Phi) is 10.1. The summed E-state index contributed by atoms with van der Waals surface area (Å²) in [7, 11) is 1.21. The topological polar surface area (TPSA) is 105 Å². The van der Waals surface area contributed by atoms with Gasteiger partial charge in [-0.2, -0.15) is 0 Å². The predicted molar refractivity (Wildman–Crippen MR) is 140 cm³/mol. The van der Waals surface area contributed by atoms with E-state index in [9.17, 15) is 19.5 Å². The molecule has 2 N–H and O–H groups in total. The molecular formula is C29H38N2O6. The first-order valence-electron chi connectivity index (χ1n) is 12.8. The summed E-state index contributed by atoms with van der Waals surface area (Å²) in [6.07, 6.45) is 2.17. The predicted octanol–water partition coefficient (Wildman–Crippen LogP) is 3.07. The van der Waals surface area contributed by atoms with Crippen LogP contribution >= 0.6 is 0 Å². The Labute approximate surface area is 219 Å². The van der Waals surface area contributed by atoms with Crippen molar-refractivity contribution in [3.05, 3.63) is 65.7 Å². The number of nitrogens with zero attached hydrogens (tertiary/aromatic N) is 1. The van der Waals surface area contributed by atoms with Crippen LogP contribution in [0, 0.1) is 11.8 Å². The fraction of sp³-hybridized carbons (Fsp3) is 0.483. The van der Waals surface area contributed by atoms with Gasteiger partial charge in [0.15, 0.2) is 6.61 Å². The van der Waals surface area contributed by atoms with E-state index in [1.54, 1.807) is 6.07 Å². The van der Waals surface area contributed by atoms with E-state index in [0.717, 1.165) is 37.2 Å². The van der Waals surface area contributed by atoms with Crippen molar-refractivity contribution >= 4 is 17.8 Å². The Balaban J connectivity index is 1.58. The van der Waals surface area contributed by atoms with Crippen molar-refractivity contribution in [3.8, 4) is 5.75 Å². The molecule has 1 aliphatic heterocycles. The highest BCUT2D eigenvalue weighted by Crippen LogP contribution is 2.40. The zero-order valence-electron chi connectivity index (χ0n) is 21.9. The number of carbonyl (C=O) groups excluding carboxylic acids is 3. The molecule has 3 unspecified atom stereocenters. The molecule has 37 heavy (non-hydrogen) atoms. The number of nitrogens with one attached hydrogen (secondary N) is 1. The van der Waals surface area contributed by atoms with Crippen molar-refractivity contribution in [2.75, 3.05) is 39.9 Å². The average molecular weight is 511 g/mol. The van der Waals surface area contributed by atoms with Gasteiger partial charge in [0.05, 0.1) is 7.11 Å². The number of hydrogen-bond donors (Lipinski definition) is 2. The molecule has 1 heterocycles. The van der Waals surface area contributed by atoms with E-state index in [0.29, 0.717) is 18.8 Å². The smallest absolute Gasteiger partial charge is 0.344 e. The first kappa shape index (κ1) is 28.2. The molecule has 1 aliphatic rings.